The number of carbonyl (C=O) groups is 1. The molecule has 3 aromatic rings. The SMILES string of the molecule is C[C@H](Nc1cc(F)cc(F)c1F)c1cc(C(=O)N(C)C)cc2c(=O)cc(N3CCOCC3)oc12. The number of nitrogens with one attached hydrogen (secondary N) is 1. The molecular weight excluding hydrogens is 451 g/mol. The molecule has 0 bridgehead atoms. The van der Waals surface area contributed by atoms with Crippen LogP contribution in [0.3, 0.4) is 0 Å². The average molecular weight is 475 g/mol. The Balaban J connectivity index is 1.87. The molecule has 1 fully saturated rings. The molecule has 0 spiro atoms. The molecule has 1 N–H and O–H groups in total. The lowest BCUT2D eigenvalue weighted by atomic mass is 9.99. The second-order valence-electron chi connectivity index (χ2n) is 8.31. The van der Waals surface area contributed by atoms with Crippen molar-refractivity contribution in [2.75, 3.05) is 50.6 Å². The maximum absolute atomic E-state index is 14.3. The van der Waals surface area contributed by atoms with Crippen LogP contribution in [0, 0.1) is 17.5 Å². The van der Waals surface area contributed by atoms with Gasteiger partial charge in [-0.25, -0.2) is 13.2 Å². The lowest BCUT2D eigenvalue weighted by molar-refractivity contribution is 0.0827. The molecule has 7 nitrogen and oxygen atoms in total. The lowest BCUT2D eigenvalue weighted by Gasteiger charge is -2.27. The van der Waals surface area contributed by atoms with Gasteiger partial charge in [0.15, 0.2) is 22.9 Å². The third-order valence-electron chi connectivity index (χ3n) is 5.65. The van der Waals surface area contributed by atoms with Gasteiger partial charge in [0, 0.05) is 56.5 Å². The topological polar surface area (TPSA) is 75.0 Å². The Hall–Kier alpha value is -3.53. The van der Waals surface area contributed by atoms with Crippen LogP contribution >= 0.6 is 0 Å². The number of halogens is 3. The molecule has 0 radical (unpaired) electrons. The first-order valence-corrected chi connectivity index (χ1v) is 10.7. The molecule has 2 aromatic carbocycles. The predicted molar refractivity (Wildman–Crippen MR) is 122 cm³/mol. The van der Waals surface area contributed by atoms with Crippen molar-refractivity contribution in [2.24, 2.45) is 0 Å². The fourth-order valence-corrected chi connectivity index (χ4v) is 3.89. The molecule has 1 atom stereocenters. The lowest BCUT2D eigenvalue weighted by Crippen LogP contribution is -2.36. The van der Waals surface area contributed by atoms with Crippen molar-refractivity contribution in [3.63, 3.8) is 0 Å². The molecule has 0 saturated carbocycles. The van der Waals surface area contributed by atoms with E-state index in [4.69, 9.17) is 9.15 Å². The maximum atomic E-state index is 14.3. The number of rotatable bonds is 5. The number of fused-ring (bicyclic) bond motifs is 1. The number of benzene rings is 2. The van der Waals surface area contributed by atoms with Gasteiger partial charge in [-0.15, -0.1) is 0 Å². The Morgan fingerprint density at radius 3 is 2.47 bits per heavy atom. The summed E-state index contributed by atoms with van der Waals surface area (Å²) in [6.45, 7) is 3.63. The summed E-state index contributed by atoms with van der Waals surface area (Å²) in [5.74, 6) is -3.54. The highest BCUT2D eigenvalue weighted by Crippen LogP contribution is 2.32. The molecule has 1 amide bonds. The van der Waals surface area contributed by atoms with E-state index in [2.05, 4.69) is 5.32 Å². The Bertz CT molecular complexity index is 1300. The minimum atomic E-state index is -1.34. The zero-order valence-electron chi connectivity index (χ0n) is 19.0. The summed E-state index contributed by atoms with van der Waals surface area (Å²) in [6.07, 6.45) is 0. The molecule has 1 aliphatic heterocycles. The van der Waals surface area contributed by atoms with Gasteiger partial charge in [-0.1, -0.05) is 0 Å². The quantitative estimate of drug-likeness (QED) is 0.564. The summed E-state index contributed by atoms with van der Waals surface area (Å²) in [5.41, 5.74) is 0.0285. The molecule has 10 heteroatoms. The molecule has 34 heavy (non-hydrogen) atoms. The fraction of sp³-hybridized carbons (Fsp3) is 0.333. The van der Waals surface area contributed by atoms with Crippen LogP contribution in [0.5, 0.6) is 0 Å². The summed E-state index contributed by atoms with van der Waals surface area (Å²) in [4.78, 5) is 28.9. The highest BCUT2D eigenvalue weighted by Gasteiger charge is 2.23. The summed E-state index contributed by atoms with van der Waals surface area (Å²) in [6, 6.07) is 4.84. The van der Waals surface area contributed by atoms with E-state index in [9.17, 15) is 22.8 Å². The van der Waals surface area contributed by atoms with Gasteiger partial charge in [0.25, 0.3) is 5.91 Å². The van der Waals surface area contributed by atoms with E-state index < -0.39 is 29.2 Å². The number of hydrogen-bond acceptors (Lipinski definition) is 6. The molecular formula is C24H24F3N3O4. The predicted octanol–water partition coefficient (Wildman–Crippen LogP) is 3.92. The molecule has 1 saturated heterocycles. The number of hydrogen-bond donors (Lipinski definition) is 1. The highest BCUT2D eigenvalue weighted by atomic mass is 19.2. The van der Waals surface area contributed by atoms with Gasteiger partial charge in [-0.05, 0) is 19.1 Å². The number of carbonyl (C=O) groups excluding carboxylic acids is 1. The van der Waals surface area contributed by atoms with Crippen molar-refractivity contribution >= 4 is 28.4 Å². The Morgan fingerprint density at radius 1 is 1.09 bits per heavy atom. The van der Waals surface area contributed by atoms with Crippen molar-refractivity contribution in [3.8, 4) is 0 Å². The minimum absolute atomic E-state index is 0.166. The van der Waals surface area contributed by atoms with Gasteiger partial charge in [-0.3, -0.25) is 9.59 Å². The third kappa shape index (κ3) is 4.58. The van der Waals surface area contributed by atoms with E-state index in [-0.39, 0.29) is 27.9 Å². The maximum Gasteiger partial charge on any atom is 0.253 e. The monoisotopic (exact) mass is 475 g/mol. The molecule has 180 valence electrons. The van der Waals surface area contributed by atoms with Gasteiger partial charge >= 0.3 is 0 Å². The van der Waals surface area contributed by atoms with Gasteiger partial charge in [-0.2, -0.15) is 0 Å². The smallest absolute Gasteiger partial charge is 0.253 e. The first-order valence-electron chi connectivity index (χ1n) is 10.7. The zero-order valence-corrected chi connectivity index (χ0v) is 19.0. The van der Waals surface area contributed by atoms with E-state index in [0.717, 1.165) is 6.07 Å². The summed E-state index contributed by atoms with van der Waals surface area (Å²) in [5, 5.41) is 2.90. The first kappa shape index (κ1) is 23.6. The number of morpholine rings is 1. The molecule has 1 aliphatic rings. The van der Waals surface area contributed by atoms with Gasteiger partial charge in [0.05, 0.1) is 30.3 Å². The number of nitrogens with zero attached hydrogens (tertiary/aromatic N) is 2. The van der Waals surface area contributed by atoms with Crippen LogP contribution in [-0.4, -0.2) is 51.2 Å². The second-order valence-corrected chi connectivity index (χ2v) is 8.31. The van der Waals surface area contributed by atoms with Gasteiger partial charge in [0.1, 0.15) is 11.4 Å². The zero-order chi connectivity index (χ0) is 24.6. The summed E-state index contributed by atoms with van der Waals surface area (Å²) >= 11 is 0. The summed E-state index contributed by atoms with van der Waals surface area (Å²) in [7, 11) is 3.14. The summed E-state index contributed by atoms with van der Waals surface area (Å²) < 4.78 is 53.2. The Labute approximate surface area is 193 Å². The molecule has 1 aromatic heterocycles. The van der Waals surface area contributed by atoms with E-state index in [0.29, 0.717) is 43.8 Å². The second kappa shape index (κ2) is 9.38. The molecule has 0 unspecified atom stereocenters. The Kier molecular flexibility index (Phi) is 6.52. The minimum Gasteiger partial charge on any atom is -0.440 e. The van der Waals surface area contributed by atoms with Crippen LogP contribution in [0.1, 0.15) is 28.9 Å². The van der Waals surface area contributed by atoms with Gasteiger partial charge in [0.2, 0.25) is 0 Å². The van der Waals surface area contributed by atoms with Crippen molar-refractivity contribution < 1.29 is 27.1 Å². The van der Waals surface area contributed by atoms with Crippen LogP contribution in [0.15, 0.2) is 39.5 Å². The van der Waals surface area contributed by atoms with E-state index in [1.165, 1.54) is 23.1 Å². The van der Waals surface area contributed by atoms with E-state index >= 15 is 0 Å². The van der Waals surface area contributed by atoms with Crippen LogP contribution in [0.25, 0.3) is 11.0 Å². The van der Waals surface area contributed by atoms with Crippen molar-refractivity contribution in [2.45, 2.75) is 13.0 Å². The highest BCUT2D eigenvalue weighted by molar-refractivity contribution is 5.98. The van der Waals surface area contributed by atoms with Crippen LogP contribution in [0.4, 0.5) is 24.7 Å². The number of anilines is 2. The van der Waals surface area contributed by atoms with Gasteiger partial charge < -0.3 is 24.3 Å². The van der Waals surface area contributed by atoms with E-state index in [1.54, 1.807) is 21.0 Å². The molecule has 0 aliphatic carbocycles. The average Bonchev–Trinajstić information content (AvgIpc) is 2.81. The standard InChI is InChI=1S/C24H24F3N3O4/c1-13(28-19-11-15(25)10-18(26)22(19)27)16-8-14(24(32)29(2)3)9-17-20(31)12-21(34-23(16)17)30-4-6-33-7-5-30/h8-13,28H,4-7H2,1-3H3/t13-/m0/s1. The van der Waals surface area contributed by atoms with Crippen molar-refractivity contribution in [1.82, 2.24) is 4.90 Å². The van der Waals surface area contributed by atoms with E-state index in [1.807, 2.05) is 4.90 Å². The van der Waals surface area contributed by atoms with Crippen molar-refractivity contribution in [3.05, 3.63) is 69.1 Å². The Morgan fingerprint density at radius 2 is 1.79 bits per heavy atom. The van der Waals surface area contributed by atoms with Crippen LogP contribution in [0.2, 0.25) is 0 Å². The first-order chi connectivity index (χ1) is 16.2. The molecule has 4 rings (SSSR count). The fourth-order valence-electron chi connectivity index (χ4n) is 3.89. The molecule has 2 heterocycles. The largest absolute Gasteiger partial charge is 0.440 e. The van der Waals surface area contributed by atoms with Crippen LogP contribution in [-0.2, 0) is 4.74 Å². The van der Waals surface area contributed by atoms with Crippen LogP contribution < -0.4 is 15.6 Å². The number of ether oxygens (including phenoxy) is 1. The normalized spacial score (nSPS) is 14.8. The number of amides is 1. The third-order valence-corrected chi connectivity index (χ3v) is 5.65. The van der Waals surface area contributed by atoms with Crippen molar-refractivity contribution in [1.29, 1.82) is 0 Å².